The number of carbonyl (C=O) groups is 2. The summed E-state index contributed by atoms with van der Waals surface area (Å²) in [7, 11) is 0. The molecule has 1 aliphatic carbocycles. The third kappa shape index (κ3) is 4.30. The van der Waals surface area contributed by atoms with E-state index in [4.69, 9.17) is 5.11 Å². The SMILES string of the molecule is O=C(O)CC1(CC(=O)Nc2c(Br)cccc2Br)CCCC1. The van der Waals surface area contributed by atoms with Crippen LogP contribution in [0.4, 0.5) is 5.69 Å². The molecule has 1 fully saturated rings. The summed E-state index contributed by atoms with van der Waals surface area (Å²) in [5.41, 5.74) is 0.301. The Balaban J connectivity index is 2.08. The maximum atomic E-state index is 12.3. The average molecular weight is 419 g/mol. The van der Waals surface area contributed by atoms with Gasteiger partial charge in [-0.25, -0.2) is 0 Å². The number of anilines is 1. The Morgan fingerprint density at radius 3 is 2.24 bits per heavy atom. The molecule has 4 nitrogen and oxygen atoms in total. The molecule has 0 saturated heterocycles. The highest BCUT2D eigenvalue weighted by Crippen LogP contribution is 2.44. The van der Waals surface area contributed by atoms with Gasteiger partial charge in [0, 0.05) is 15.4 Å². The molecule has 1 aliphatic rings. The summed E-state index contributed by atoms with van der Waals surface area (Å²) in [6, 6.07) is 5.57. The first-order chi connectivity index (χ1) is 9.92. The first-order valence-corrected chi connectivity index (χ1v) is 8.46. The number of rotatable bonds is 5. The second-order valence-electron chi connectivity index (χ2n) is 5.60. The number of nitrogens with one attached hydrogen (secondary N) is 1. The van der Waals surface area contributed by atoms with E-state index in [1.165, 1.54) is 0 Å². The maximum Gasteiger partial charge on any atom is 0.303 e. The lowest BCUT2D eigenvalue weighted by atomic mass is 9.79. The molecule has 2 N–H and O–H groups in total. The van der Waals surface area contributed by atoms with Crippen molar-refractivity contribution in [2.75, 3.05) is 5.32 Å². The standard InChI is InChI=1S/C15H17Br2NO3/c16-10-4-3-5-11(17)14(10)18-12(19)8-15(9-13(20)21)6-1-2-7-15/h3-5H,1-2,6-9H2,(H,18,19)(H,20,21). The van der Waals surface area contributed by atoms with E-state index in [-0.39, 0.29) is 24.2 Å². The zero-order chi connectivity index (χ0) is 15.5. The molecule has 1 amide bonds. The summed E-state index contributed by atoms with van der Waals surface area (Å²) in [5, 5.41) is 12.0. The summed E-state index contributed by atoms with van der Waals surface area (Å²) in [5.74, 6) is -0.961. The van der Waals surface area contributed by atoms with Crippen molar-refractivity contribution in [3.05, 3.63) is 27.1 Å². The third-order valence-electron chi connectivity index (χ3n) is 3.95. The van der Waals surface area contributed by atoms with Gasteiger partial charge in [-0.2, -0.15) is 0 Å². The quantitative estimate of drug-likeness (QED) is 0.735. The number of hydrogen-bond donors (Lipinski definition) is 2. The van der Waals surface area contributed by atoms with E-state index in [1.807, 2.05) is 18.2 Å². The fraction of sp³-hybridized carbons (Fsp3) is 0.467. The molecule has 6 heteroatoms. The van der Waals surface area contributed by atoms with E-state index in [2.05, 4.69) is 37.2 Å². The minimum Gasteiger partial charge on any atom is -0.481 e. The number of aliphatic carboxylic acids is 1. The van der Waals surface area contributed by atoms with Crippen LogP contribution >= 0.6 is 31.9 Å². The highest BCUT2D eigenvalue weighted by molar-refractivity contribution is 9.11. The molecule has 0 spiro atoms. The van der Waals surface area contributed by atoms with Gasteiger partial charge in [0.2, 0.25) is 5.91 Å². The van der Waals surface area contributed by atoms with Gasteiger partial charge in [0.1, 0.15) is 0 Å². The van der Waals surface area contributed by atoms with Gasteiger partial charge in [-0.1, -0.05) is 18.9 Å². The fourth-order valence-corrected chi connectivity index (χ4v) is 4.20. The molecule has 21 heavy (non-hydrogen) atoms. The first-order valence-electron chi connectivity index (χ1n) is 6.88. The number of amides is 1. The van der Waals surface area contributed by atoms with Gasteiger partial charge in [0.05, 0.1) is 12.1 Å². The molecule has 1 aromatic carbocycles. The van der Waals surface area contributed by atoms with Gasteiger partial charge in [0.25, 0.3) is 0 Å². The van der Waals surface area contributed by atoms with E-state index in [9.17, 15) is 9.59 Å². The molecule has 0 heterocycles. The van der Waals surface area contributed by atoms with Gasteiger partial charge in [-0.15, -0.1) is 0 Å². The van der Waals surface area contributed by atoms with Crippen LogP contribution in [-0.4, -0.2) is 17.0 Å². The Bertz CT molecular complexity index is 534. The molecule has 0 bridgehead atoms. The second-order valence-corrected chi connectivity index (χ2v) is 7.31. The number of carboxylic acid groups (broad SMARTS) is 1. The summed E-state index contributed by atoms with van der Waals surface area (Å²) in [6.45, 7) is 0. The Labute approximate surface area is 140 Å². The van der Waals surface area contributed by atoms with Crippen LogP contribution in [0.3, 0.4) is 0 Å². The molecule has 1 aromatic rings. The number of carboxylic acids is 1. The number of para-hydroxylation sites is 1. The monoisotopic (exact) mass is 417 g/mol. The highest BCUT2D eigenvalue weighted by Gasteiger charge is 2.38. The van der Waals surface area contributed by atoms with Gasteiger partial charge >= 0.3 is 5.97 Å². The van der Waals surface area contributed by atoms with Crippen LogP contribution in [0.25, 0.3) is 0 Å². The van der Waals surface area contributed by atoms with Crippen molar-refractivity contribution in [1.82, 2.24) is 0 Å². The highest BCUT2D eigenvalue weighted by atomic mass is 79.9. The molecule has 0 aliphatic heterocycles. The number of carbonyl (C=O) groups excluding carboxylic acids is 1. The molecular formula is C15H17Br2NO3. The third-order valence-corrected chi connectivity index (χ3v) is 5.27. The molecular weight excluding hydrogens is 402 g/mol. The molecule has 0 aromatic heterocycles. The lowest BCUT2D eigenvalue weighted by Crippen LogP contribution is -2.27. The van der Waals surface area contributed by atoms with E-state index in [0.717, 1.165) is 34.6 Å². The first kappa shape index (κ1) is 16.5. The molecule has 0 unspecified atom stereocenters. The van der Waals surface area contributed by atoms with Crippen molar-refractivity contribution in [3.63, 3.8) is 0 Å². The Kier molecular flexibility index (Phi) is 5.43. The topological polar surface area (TPSA) is 66.4 Å². The van der Waals surface area contributed by atoms with Crippen LogP contribution in [0.2, 0.25) is 0 Å². The normalized spacial score (nSPS) is 16.7. The van der Waals surface area contributed by atoms with Crippen molar-refractivity contribution in [2.45, 2.75) is 38.5 Å². The molecule has 1 saturated carbocycles. The number of benzene rings is 1. The van der Waals surface area contributed by atoms with Crippen molar-refractivity contribution in [3.8, 4) is 0 Å². The predicted molar refractivity (Wildman–Crippen MR) is 88.2 cm³/mol. The largest absolute Gasteiger partial charge is 0.481 e. The van der Waals surface area contributed by atoms with E-state index >= 15 is 0 Å². The van der Waals surface area contributed by atoms with Crippen LogP contribution < -0.4 is 5.32 Å². The summed E-state index contributed by atoms with van der Waals surface area (Å²) in [6.07, 6.45) is 3.94. The predicted octanol–water partition coefficient (Wildman–Crippen LogP) is 4.58. The van der Waals surface area contributed by atoms with E-state index in [0.29, 0.717) is 5.69 Å². The summed E-state index contributed by atoms with van der Waals surface area (Å²) >= 11 is 6.81. The van der Waals surface area contributed by atoms with Gasteiger partial charge in [0.15, 0.2) is 0 Å². The Hall–Kier alpha value is -0.880. The van der Waals surface area contributed by atoms with Crippen LogP contribution in [0, 0.1) is 5.41 Å². The van der Waals surface area contributed by atoms with Crippen molar-refractivity contribution < 1.29 is 14.7 Å². The molecule has 0 atom stereocenters. The van der Waals surface area contributed by atoms with Gasteiger partial charge in [-0.3, -0.25) is 9.59 Å². The Morgan fingerprint density at radius 1 is 1.14 bits per heavy atom. The minimum atomic E-state index is -0.827. The van der Waals surface area contributed by atoms with Crippen LogP contribution in [0.5, 0.6) is 0 Å². The average Bonchev–Trinajstić information content (AvgIpc) is 2.81. The van der Waals surface area contributed by atoms with Crippen LogP contribution in [-0.2, 0) is 9.59 Å². The zero-order valence-electron chi connectivity index (χ0n) is 11.5. The smallest absolute Gasteiger partial charge is 0.303 e. The molecule has 114 valence electrons. The fourth-order valence-electron chi connectivity index (χ4n) is 3.00. The van der Waals surface area contributed by atoms with Crippen molar-refractivity contribution >= 4 is 49.4 Å². The number of hydrogen-bond acceptors (Lipinski definition) is 2. The summed E-state index contributed by atoms with van der Waals surface area (Å²) in [4.78, 5) is 23.4. The van der Waals surface area contributed by atoms with Gasteiger partial charge in [-0.05, 0) is 62.2 Å². The van der Waals surface area contributed by atoms with Crippen LogP contribution in [0.15, 0.2) is 27.1 Å². The van der Waals surface area contributed by atoms with Crippen molar-refractivity contribution in [1.29, 1.82) is 0 Å². The minimum absolute atomic E-state index is 0.0670. The van der Waals surface area contributed by atoms with Gasteiger partial charge < -0.3 is 10.4 Å². The lowest BCUT2D eigenvalue weighted by molar-refractivity contribution is -0.140. The van der Waals surface area contributed by atoms with Crippen molar-refractivity contribution in [2.24, 2.45) is 5.41 Å². The second kappa shape index (κ2) is 6.92. The molecule has 2 rings (SSSR count). The maximum absolute atomic E-state index is 12.3. The lowest BCUT2D eigenvalue weighted by Gasteiger charge is -2.26. The Morgan fingerprint density at radius 2 is 1.71 bits per heavy atom. The summed E-state index contributed by atoms with van der Waals surface area (Å²) < 4.78 is 1.59. The zero-order valence-corrected chi connectivity index (χ0v) is 14.7. The van der Waals surface area contributed by atoms with E-state index < -0.39 is 5.97 Å². The molecule has 0 radical (unpaired) electrons. The van der Waals surface area contributed by atoms with E-state index in [1.54, 1.807) is 0 Å². The van der Waals surface area contributed by atoms with Crippen LogP contribution in [0.1, 0.15) is 38.5 Å². The number of halogens is 2.